The summed E-state index contributed by atoms with van der Waals surface area (Å²) in [6.07, 6.45) is 0. The molecule has 9 heteroatoms. The highest BCUT2D eigenvalue weighted by atomic mass is 32.2. The Morgan fingerprint density at radius 1 is 0.886 bits per heavy atom. The zero-order valence-electron chi connectivity index (χ0n) is 18.5. The SMILES string of the molecule is C.Cn1c(=O)c(S(=O)(=O)c2ccccc2)c(N2CCN(C(=O)c3cccs3)CC2)c2ccccc21. The molecule has 7 nitrogen and oxygen atoms in total. The monoisotopic (exact) mass is 509 g/mol. The molecule has 0 N–H and O–H groups in total. The predicted octanol–water partition coefficient (Wildman–Crippen LogP) is 4.03. The number of piperazine rings is 1. The summed E-state index contributed by atoms with van der Waals surface area (Å²) in [5, 5.41) is 2.56. The van der Waals surface area contributed by atoms with Gasteiger partial charge >= 0.3 is 0 Å². The molecule has 3 heterocycles. The molecule has 182 valence electrons. The molecule has 2 aromatic heterocycles. The van der Waals surface area contributed by atoms with Crippen molar-refractivity contribution in [1.29, 1.82) is 0 Å². The van der Waals surface area contributed by atoms with Gasteiger partial charge in [-0.1, -0.05) is 49.9 Å². The van der Waals surface area contributed by atoms with Crippen LogP contribution in [-0.2, 0) is 16.9 Å². The van der Waals surface area contributed by atoms with Crippen LogP contribution in [0.3, 0.4) is 0 Å². The standard InChI is InChI=1S/C25H23N3O4S2.CH4/c1-26-20-11-6-5-10-19(20)22(23(25(26)30)34(31,32)18-8-3-2-4-9-18)27-13-15-28(16-14-27)24(29)21-12-7-17-33-21;/h2-12,17H,13-16H2,1H3;1H4. The van der Waals surface area contributed by atoms with Crippen LogP contribution in [0.5, 0.6) is 0 Å². The van der Waals surface area contributed by atoms with E-state index in [1.807, 2.05) is 40.6 Å². The van der Waals surface area contributed by atoms with Crippen LogP contribution >= 0.6 is 11.3 Å². The normalized spacial score (nSPS) is 14.1. The van der Waals surface area contributed by atoms with Gasteiger partial charge in [0, 0.05) is 38.6 Å². The number of carbonyl (C=O) groups excluding carboxylic acids is 1. The van der Waals surface area contributed by atoms with Crippen molar-refractivity contribution >= 4 is 43.7 Å². The average molecular weight is 510 g/mol. The number of nitrogens with zero attached hydrogens (tertiary/aromatic N) is 3. The van der Waals surface area contributed by atoms with Crippen molar-refractivity contribution in [2.24, 2.45) is 7.05 Å². The van der Waals surface area contributed by atoms with E-state index in [1.54, 1.807) is 36.2 Å². The number of rotatable bonds is 4. The van der Waals surface area contributed by atoms with Crippen LogP contribution in [-0.4, -0.2) is 50.0 Å². The Morgan fingerprint density at radius 3 is 2.20 bits per heavy atom. The highest BCUT2D eigenvalue weighted by molar-refractivity contribution is 7.91. The highest BCUT2D eigenvalue weighted by Crippen LogP contribution is 2.35. The number of anilines is 1. The molecule has 1 aliphatic heterocycles. The maximum Gasteiger partial charge on any atom is 0.272 e. The third-order valence-corrected chi connectivity index (χ3v) is 8.83. The Hall–Kier alpha value is -3.43. The third kappa shape index (κ3) is 4.26. The molecular weight excluding hydrogens is 482 g/mol. The number of carbonyl (C=O) groups is 1. The Labute approximate surface area is 208 Å². The van der Waals surface area contributed by atoms with Gasteiger partial charge in [0.1, 0.15) is 0 Å². The van der Waals surface area contributed by atoms with Crippen LogP contribution in [0.15, 0.2) is 86.7 Å². The number of aryl methyl sites for hydroxylation is 1. The van der Waals surface area contributed by atoms with Gasteiger partial charge in [0.2, 0.25) is 9.84 Å². The average Bonchev–Trinajstić information content (AvgIpc) is 3.41. The van der Waals surface area contributed by atoms with Crippen molar-refractivity contribution in [2.45, 2.75) is 17.2 Å². The molecule has 4 aromatic rings. The molecule has 5 rings (SSSR count). The van der Waals surface area contributed by atoms with Crippen molar-refractivity contribution in [3.05, 3.63) is 87.3 Å². The van der Waals surface area contributed by atoms with Crippen LogP contribution < -0.4 is 10.5 Å². The number of hydrogen-bond acceptors (Lipinski definition) is 6. The lowest BCUT2D eigenvalue weighted by Gasteiger charge is -2.37. The number of thiophene rings is 1. The summed E-state index contributed by atoms with van der Waals surface area (Å²) in [5.41, 5.74) is 0.507. The first-order chi connectivity index (χ1) is 16.4. The molecule has 0 spiro atoms. The van der Waals surface area contributed by atoms with E-state index >= 15 is 0 Å². The second kappa shape index (κ2) is 9.67. The van der Waals surface area contributed by atoms with Gasteiger partial charge in [-0.05, 0) is 29.6 Å². The molecule has 0 atom stereocenters. The summed E-state index contributed by atoms with van der Waals surface area (Å²) in [6, 6.07) is 19.0. The minimum atomic E-state index is -4.08. The van der Waals surface area contributed by atoms with E-state index in [2.05, 4.69) is 0 Å². The Bertz CT molecular complexity index is 1520. The summed E-state index contributed by atoms with van der Waals surface area (Å²) < 4.78 is 28.9. The topological polar surface area (TPSA) is 79.7 Å². The van der Waals surface area contributed by atoms with Gasteiger partial charge in [-0.2, -0.15) is 0 Å². The van der Waals surface area contributed by atoms with E-state index in [0.717, 1.165) is 0 Å². The predicted molar refractivity (Wildman–Crippen MR) is 140 cm³/mol. The number of amides is 1. The highest BCUT2D eigenvalue weighted by Gasteiger charge is 2.33. The fraction of sp³-hybridized carbons (Fsp3) is 0.231. The molecule has 1 fully saturated rings. The van der Waals surface area contributed by atoms with Crippen molar-refractivity contribution in [3.63, 3.8) is 0 Å². The van der Waals surface area contributed by atoms with E-state index < -0.39 is 15.4 Å². The van der Waals surface area contributed by atoms with Gasteiger partial charge < -0.3 is 14.4 Å². The second-order valence-corrected chi connectivity index (χ2v) is 11.0. The molecular formula is C26H27N3O4S2. The first kappa shape index (κ1) is 24.7. The Balaban J connectivity index is 0.00000289. The van der Waals surface area contributed by atoms with Gasteiger partial charge in [-0.3, -0.25) is 9.59 Å². The molecule has 1 amide bonds. The molecule has 0 saturated carbocycles. The summed E-state index contributed by atoms with van der Waals surface area (Å²) in [7, 11) is -2.49. The fourth-order valence-electron chi connectivity index (χ4n) is 4.41. The van der Waals surface area contributed by atoms with Crippen LogP contribution in [0.1, 0.15) is 17.1 Å². The summed E-state index contributed by atoms with van der Waals surface area (Å²) in [4.78, 5) is 30.5. The quantitative estimate of drug-likeness (QED) is 0.415. The number of sulfone groups is 1. The summed E-state index contributed by atoms with van der Waals surface area (Å²) in [6.45, 7) is 1.72. The van der Waals surface area contributed by atoms with E-state index in [4.69, 9.17) is 0 Å². The van der Waals surface area contributed by atoms with Crippen molar-refractivity contribution in [1.82, 2.24) is 9.47 Å². The molecule has 1 saturated heterocycles. The number of aromatic nitrogens is 1. The first-order valence-corrected chi connectivity index (χ1v) is 13.3. The van der Waals surface area contributed by atoms with E-state index in [-0.39, 0.29) is 23.1 Å². The van der Waals surface area contributed by atoms with Crippen molar-refractivity contribution < 1.29 is 13.2 Å². The minimum Gasteiger partial charge on any atom is -0.366 e. The molecule has 0 unspecified atom stereocenters. The van der Waals surface area contributed by atoms with Crippen molar-refractivity contribution in [3.8, 4) is 0 Å². The van der Waals surface area contributed by atoms with E-state index in [9.17, 15) is 18.0 Å². The third-order valence-electron chi connectivity index (χ3n) is 6.17. The lowest BCUT2D eigenvalue weighted by Crippen LogP contribution is -2.49. The van der Waals surface area contributed by atoms with Gasteiger partial charge in [0.15, 0.2) is 4.90 Å². The molecule has 2 aromatic carbocycles. The second-order valence-electron chi connectivity index (χ2n) is 8.13. The molecule has 1 aliphatic rings. The smallest absolute Gasteiger partial charge is 0.272 e. The molecule has 0 bridgehead atoms. The number of para-hydroxylation sites is 1. The summed E-state index contributed by atoms with van der Waals surface area (Å²) in [5.74, 6) is -0.0272. The van der Waals surface area contributed by atoms with Crippen molar-refractivity contribution in [2.75, 3.05) is 31.1 Å². The van der Waals surface area contributed by atoms with Gasteiger partial charge in [0.05, 0.1) is 21.0 Å². The van der Waals surface area contributed by atoms with Crippen LogP contribution in [0, 0.1) is 0 Å². The zero-order valence-corrected chi connectivity index (χ0v) is 20.2. The van der Waals surface area contributed by atoms with Crippen LogP contribution in [0.4, 0.5) is 5.69 Å². The lowest BCUT2D eigenvalue weighted by molar-refractivity contribution is 0.0751. The maximum atomic E-state index is 13.7. The molecule has 0 radical (unpaired) electrons. The van der Waals surface area contributed by atoms with Crippen LogP contribution in [0.25, 0.3) is 10.9 Å². The number of fused-ring (bicyclic) bond motifs is 1. The minimum absolute atomic E-state index is 0. The van der Waals surface area contributed by atoms with Gasteiger partial charge in [-0.25, -0.2) is 8.42 Å². The lowest BCUT2D eigenvalue weighted by atomic mass is 10.1. The van der Waals surface area contributed by atoms with Crippen LogP contribution in [0.2, 0.25) is 0 Å². The van der Waals surface area contributed by atoms with Gasteiger partial charge in [0.25, 0.3) is 11.5 Å². The van der Waals surface area contributed by atoms with E-state index in [0.29, 0.717) is 47.6 Å². The number of hydrogen-bond donors (Lipinski definition) is 0. The Kier molecular flexibility index (Phi) is 6.82. The fourth-order valence-corrected chi connectivity index (χ4v) is 6.72. The molecule has 0 aliphatic carbocycles. The number of pyridine rings is 1. The van der Waals surface area contributed by atoms with E-state index in [1.165, 1.54) is 28.0 Å². The Morgan fingerprint density at radius 2 is 1.54 bits per heavy atom. The largest absolute Gasteiger partial charge is 0.366 e. The summed E-state index contributed by atoms with van der Waals surface area (Å²) >= 11 is 1.40. The molecule has 35 heavy (non-hydrogen) atoms. The zero-order chi connectivity index (χ0) is 23.9. The van der Waals surface area contributed by atoms with Gasteiger partial charge in [-0.15, -0.1) is 11.3 Å². The number of benzene rings is 2. The first-order valence-electron chi connectivity index (χ1n) is 10.9. The maximum absolute atomic E-state index is 13.7.